The highest BCUT2D eigenvalue weighted by atomic mass is 16.5. The maximum absolute atomic E-state index is 12.7. The lowest BCUT2D eigenvalue weighted by atomic mass is 10.00. The first-order valence-electron chi connectivity index (χ1n) is 11.3. The molecule has 9 heteroatoms. The monoisotopic (exact) mass is 437 g/mol. The Hall–Kier alpha value is -3.07. The van der Waals surface area contributed by atoms with Gasteiger partial charge in [-0.05, 0) is 32.3 Å². The summed E-state index contributed by atoms with van der Waals surface area (Å²) < 4.78 is 12.3. The zero-order valence-electron chi connectivity index (χ0n) is 18.2. The van der Waals surface area contributed by atoms with Gasteiger partial charge in [-0.25, -0.2) is 0 Å². The van der Waals surface area contributed by atoms with Gasteiger partial charge in [0.05, 0.1) is 17.1 Å². The fraction of sp³-hybridized carbons (Fsp3) is 0.522. The average Bonchev–Trinajstić information content (AvgIpc) is 3.57. The Labute approximate surface area is 185 Å². The van der Waals surface area contributed by atoms with Crippen molar-refractivity contribution in [3.05, 3.63) is 41.7 Å². The van der Waals surface area contributed by atoms with Gasteiger partial charge in [0.2, 0.25) is 17.7 Å². The molecule has 5 rings (SSSR count). The van der Waals surface area contributed by atoms with Crippen molar-refractivity contribution in [3.63, 3.8) is 0 Å². The van der Waals surface area contributed by atoms with E-state index in [4.69, 9.17) is 9.26 Å². The SMILES string of the molecule is Cc1nn(C(=O)CCC(=O)N2CCC(c3nc(C4CCOCC4)no3)C2)c2ccccc12. The van der Waals surface area contributed by atoms with E-state index in [9.17, 15) is 9.59 Å². The molecule has 1 amide bonds. The van der Waals surface area contributed by atoms with Gasteiger partial charge in [-0.2, -0.15) is 14.8 Å². The average molecular weight is 438 g/mol. The van der Waals surface area contributed by atoms with Crippen LogP contribution in [0.15, 0.2) is 28.8 Å². The van der Waals surface area contributed by atoms with Crippen LogP contribution < -0.4 is 0 Å². The zero-order valence-corrected chi connectivity index (χ0v) is 18.2. The van der Waals surface area contributed by atoms with Crippen LogP contribution in [-0.2, 0) is 9.53 Å². The van der Waals surface area contributed by atoms with Crippen LogP contribution in [0.4, 0.5) is 0 Å². The number of aromatic nitrogens is 4. The Balaban J connectivity index is 1.16. The summed E-state index contributed by atoms with van der Waals surface area (Å²) in [5, 5.41) is 9.49. The first kappa shape index (κ1) is 20.8. The predicted molar refractivity (Wildman–Crippen MR) is 115 cm³/mol. The predicted octanol–water partition coefficient (Wildman–Crippen LogP) is 3.06. The van der Waals surface area contributed by atoms with Gasteiger partial charge in [-0.1, -0.05) is 23.4 Å². The number of hydrogen-bond acceptors (Lipinski definition) is 7. The molecule has 3 aromatic rings. The molecule has 2 fully saturated rings. The van der Waals surface area contributed by atoms with Crippen molar-refractivity contribution in [3.8, 4) is 0 Å². The van der Waals surface area contributed by atoms with Gasteiger partial charge >= 0.3 is 0 Å². The van der Waals surface area contributed by atoms with Crippen LogP contribution in [-0.4, -0.2) is 62.9 Å². The highest BCUT2D eigenvalue weighted by Crippen LogP contribution is 2.30. The summed E-state index contributed by atoms with van der Waals surface area (Å²) in [5.74, 6) is 1.49. The lowest BCUT2D eigenvalue weighted by Crippen LogP contribution is -2.29. The molecule has 0 aliphatic carbocycles. The van der Waals surface area contributed by atoms with E-state index in [1.54, 1.807) is 4.90 Å². The summed E-state index contributed by atoms with van der Waals surface area (Å²) in [4.78, 5) is 31.9. The number of fused-ring (bicyclic) bond motifs is 1. The van der Waals surface area contributed by atoms with Gasteiger partial charge < -0.3 is 14.2 Å². The third kappa shape index (κ3) is 4.04. The van der Waals surface area contributed by atoms with E-state index in [1.807, 2.05) is 31.2 Å². The maximum atomic E-state index is 12.7. The number of ether oxygens (including phenoxy) is 1. The van der Waals surface area contributed by atoms with E-state index in [2.05, 4.69) is 15.2 Å². The Morgan fingerprint density at radius 2 is 1.84 bits per heavy atom. The number of rotatable bonds is 5. The summed E-state index contributed by atoms with van der Waals surface area (Å²) in [5.41, 5.74) is 1.59. The van der Waals surface area contributed by atoms with Crippen LogP contribution in [0.1, 0.15) is 66.1 Å². The summed E-state index contributed by atoms with van der Waals surface area (Å²) in [6, 6.07) is 7.63. The normalized spacial score (nSPS) is 19.7. The molecule has 32 heavy (non-hydrogen) atoms. The fourth-order valence-corrected chi connectivity index (χ4v) is 4.61. The smallest absolute Gasteiger partial charge is 0.247 e. The van der Waals surface area contributed by atoms with E-state index in [0.717, 1.165) is 54.9 Å². The van der Waals surface area contributed by atoms with Gasteiger partial charge in [-0.15, -0.1) is 0 Å². The molecule has 1 atom stereocenters. The molecule has 2 aliphatic rings. The fourth-order valence-electron chi connectivity index (χ4n) is 4.61. The quantitative estimate of drug-likeness (QED) is 0.604. The molecular formula is C23H27N5O4. The van der Waals surface area contributed by atoms with Crippen LogP contribution >= 0.6 is 0 Å². The van der Waals surface area contributed by atoms with Crippen molar-refractivity contribution in [2.75, 3.05) is 26.3 Å². The van der Waals surface area contributed by atoms with E-state index in [1.165, 1.54) is 4.68 Å². The standard InChI is InChI=1S/C23H27N5O4/c1-15-18-4-2-3-5-19(18)28(25-15)21(30)7-6-20(29)27-11-8-17(14-27)23-24-22(26-32-23)16-9-12-31-13-10-16/h2-5,16-17H,6-14H2,1H3. The molecule has 1 aromatic carbocycles. The minimum Gasteiger partial charge on any atom is -0.381 e. The molecule has 0 bridgehead atoms. The molecule has 1 unspecified atom stereocenters. The van der Waals surface area contributed by atoms with Crippen LogP contribution in [0, 0.1) is 6.92 Å². The second kappa shape index (κ2) is 8.82. The Bertz CT molecular complexity index is 1130. The van der Waals surface area contributed by atoms with Crippen molar-refractivity contribution in [1.82, 2.24) is 24.8 Å². The molecule has 2 aromatic heterocycles. The molecule has 0 spiro atoms. The summed E-state index contributed by atoms with van der Waals surface area (Å²) in [6.45, 7) is 4.52. The van der Waals surface area contributed by atoms with Crippen molar-refractivity contribution in [2.45, 2.75) is 50.9 Å². The second-order valence-electron chi connectivity index (χ2n) is 8.61. The number of likely N-dealkylation sites (tertiary alicyclic amines) is 1. The van der Waals surface area contributed by atoms with Crippen molar-refractivity contribution in [2.24, 2.45) is 0 Å². The largest absolute Gasteiger partial charge is 0.381 e. The second-order valence-corrected chi connectivity index (χ2v) is 8.61. The van der Waals surface area contributed by atoms with Gasteiger partial charge in [0.15, 0.2) is 5.82 Å². The van der Waals surface area contributed by atoms with E-state index in [0.29, 0.717) is 19.0 Å². The van der Waals surface area contributed by atoms with Crippen LogP contribution in [0.2, 0.25) is 0 Å². The number of para-hydroxylation sites is 1. The maximum Gasteiger partial charge on any atom is 0.247 e. The molecule has 9 nitrogen and oxygen atoms in total. The Morgan fingerprint density at radius 3 is 2.69 bits per heavy atom. The number of nitrogens with zero attached hydrogens (tertiary/aromatic N) is 5. The zero-order chi connectivity index (χ0) is 22.1. The number of amides is 1. The molecule has 0 N–H and O–H groups in total. The van der Waals surface area contributed by atoms with Crippen LogP contribution in [0.3, 0.4) is 0 Å². The molecule has 168 valence electrons. The molecular weight excluding hydrogens is 410 g/mol. The van der Waals surface area contributed by atoms with Crippen molar-refractivity contribution < 1.29 is 18.8 Å². The first-order valence-corrected chi connectivity index (χ1v) is 11.3. The van der Waals surface area contributed by atoms with E-state index < -0.39 is 0 Å². The number of benzene rings is 1. The lowest BCUT2D eigenvalue weighted by molar-refractivity contribution is -0.130. The van der Waals surface area contributed by atoms with Crippen LogP contribution in [0.5, 0.6) is 0 Å². The van der Waals surface area contributed by atoms with Crippen molar-refractivity contribution >= 4 is 22.7 Å². The van der Waals surface area contributed by atoms with Crippen molar-refractivity contribution in [1.29, 1.82) is 0 Å². The molecule has 0 radical (unpaired) electrons. The lowest BCUT2D eigenvalue weighted by Gasteiger charge is -2.18. The summed E-state index contributed by atoms with van der Waals surface area (Å²) in [7, 11) is 0. The molecule has 0 saturated carbocycles. The van der Waals surface area contributed by atoms with Gasteiger partial charge in [0.1, 0.15) is 0 Å². The molecule has 4 heterocycles. The Morgan fingerprint density at radius 1 is 1.06 bits per heavy atom. The molecule has 2 saturated heterocycles. The first-order chi connectivity index (χ1) is 15.6. The minimum absolute atomic E-state index is 0.0294. The summed E-state index contributed by atoms with van der Waals surface area (Å²) >= 11 is 0. The number of hydrogen-bond donors (Lipinski definition) is 0. The summed E-state index contributed by atoms with van der Waals surface area (Å²) in [6.07, 6.45) is 2.90. The number of aryl methyl sites for hydroxylation is 1. The van der Waals surface area contributed by atoms with Gasteiger partial charge in [0, 0.05) is 50.4 Å². The number of carbonyl (C=O) groups excluding carboxylic acids is 2. The van der Waals surface area contributed by atoms with Crippen LogP contribution in [0.25, 0.3) is 10.9 Å². The minimum atomic E-state index is -0.170. The third-order valence-electron chi connectivity index (χ3n) is 6.50. The van der Waals surface area contributed by atoms with Gasteiger partial charge in [-0.3, -0.25) is 9.59 Å². The van der Waals surface area contributed by atoms with Gasteiger partial charge in [0.25, 0.3) is 0 Å². The Kier molecular flexibility index (Phi) is 5.73. The highest BCUT2D eigenvalue weighted by molar-refractivity contribution is 5.93. The van der Waals surface area contributed by atoms with E-state index in [-0.39, 0.29) is 36.5 Å². The topological polar surface area (TPSA) is 103 Å². The van der Waals surface area contributed by atoms with E-state index >= 15 is 0 Å². The molecule has 2 aliphatic heterocycles. The third-order valence-corrected chi connectivity index (χ3v) is 6.50. The number of carbonyl (C=O) groups is 2. The highest BCUT2D eigenvalue weighted by Gasteiger charge is 2.32.